The number of carbonyl (C=O) groups excluding carboxylic acids is 4. The molecule has 0 saturated heterocycles. The van der Waals surface area contributed by atoms with Gasteiger partial charge < -0.3 is 15.0 Å². The van der Waals surface area contributed by atoms with E-state index < -0.39 is 17.9 Å². The number of rotatable bonds is 11. The van der Waals surface area contributed by atoms with E-state index in [1.807, 2.05) is 42.5 Å². The number of esters is 1. The van der Waals surface area contributed by atoms with Crippen LogP contribution in [0.5, 0.6) is 0 Å². The van der Waals surface area contributed by atoms with E-state index in [0.29, 0.717) is 35.5 Å². The predicted molar refractivity (Wildman–Crippen MR) is 190 cm³/mol. The van der Waals surface area contributed by atoms with Crippen LogP contribution in [0.3, 0.4) is 0 Å². The van der Waals surface area contributed by atoms with E-state index >= 15 is 0 Å². The molecule has 49 heavy (non-hydrogen) atoms. The van der Waals surface area contributed by atoms with E-state index in [1.165, 1.54) is 11.1 Å². The third-order valence-corrected chi connectivity index (χ3v) is 10.2. The summed E-state index contributed by atoms with van der Waals surface area (Å²) < 4.78 is 5.59. The van der Waals surface area contributed by atoms with Gasteiger partial charge in [0.2, 0.25) is 0 Å². The van der Waals surface area contributed by atoms with Gasteiger partial charge in [-0.15, -0.1) is 0 Å². The minimum absolute atomic E-state index is 0.0125. The highest BCUT2D eigenvalue weighted by atomic mass is 35.5. The number of Topliss-reactive ketones (excluding diaryl/α,β-unsaturated/α-hetero) is 1. The molecule has 252 valence electrons. The van der Waals surface area contributed by atoms with Crippen molar-refractivity contribution < 1.29 is 23.9 Å². The second-order valence-electron chi connectivity index (χ2n) is 12.5. The standard InChI is InChI=1S/C39H35Cl3N2O5/c40-29-11-6-10-27(19-29)38(47)44-18-17-32-28(22-44)21-33(41)35(36(32)42)37(46)43-34(39(48)49-23-24-7-2-1-3-8-24)16-15-30(45)20-26-14-13-25-9-4-5-12-31(25)26/h1-12,19,21,26,34H,13-18,20,22-23H2,(H,43,46)/t26-,34-/m0/s1. The number of ketones is 1. The first-order chi connectivity index (χ1) is 23.7. The number of amides is 2. The Morgan fingerprint density at radius 3 is 2.45 bits per heavy atom. The first kappa shape index (κ1) is 34.7. The number of halogens is 3. The average Bonchev–Trinajstić information content (AvgIpc) is 3.51. The Kier molecular flexibility index (Phi) is 11.0. The van der Waals surface area contributed by atoms with E-state index in [9.17, 15) is 19.2 Å². The quantitative estimate of drug-likeness (QED) is 0.158. The molecule has 4 aromatic carbocycles. The van der Waals surface area contributed by atoms with Gasteiger partial charge in [-0.05, 0) is 83.7 Å². The molecule has 2 aliphatic rings. The van der Waals surface area contributed by atoms with E-state index in [0.717, 1.165) is 24.0 Å². The second-order valence-corrected chi connectivity index (χ2v) is 13.7. The summed E-state index contributed by atoms with van der Waals surface area (Å²) in [5, 5.41) is 3.49. The van der Waals surface area contributed by atoms with E-state index in [2.05, 4.69) is 17.4 Å². The largest absolute Gasteiger partial charge is 0.459 e. The normalized spacial score (nSPS) is 15.6. The number of fused-ring (bicyclic) bond motifs is 2. The van der Waals surface area contributed by atoms with E-state index in [-0.39, 0.29) is 59.2 Å². The number of aryl methyl sites for hydroxylation is 1. The molecule has 2 amide bonds. The molecule has 2 atom stereocenters. The van der Waals surface area contributed by atoms with Gasteiger partial charge in [-0.25, -0.2) is 4.79 Å². The molecular formula is C39H35Cl3N2O5. The summed E-state index contributed by atoms with van der Waals surface area (Å²) in [6.45, 7) is 0.649. The molecule has 0 aromatic heterocycles. The Morgan fingerprint density at radius 2 is 1.65 bits per heavy atom. The molecular weight excluding hydrogens is 683 g/mol. The molecule has 6 rings (SSSR count). The van der Waals surface area contributed by atoms with Crippen LogP contribution in [0.4, 0.5) is 0 Å². The predicted octanol–water partition coefficient (Wildman–Crippen LogP) is 8.16. The van der Waals surface area contributed by atoms with Crippen molar-refractivity contribution in [3.05, 3.63) is 139 Å². The van der Waals surface area contributed by atoms with Crippen molar-refractivity contribution in [2.45, 2.75) is 63.6 Å². The third kappa shape index (κ3) is 8.18. The molecule has 0 saturated carbocycles. The van der Waals surface area contributed by atoms with E-state index in [1.54, 1.807) is 35.2 Å². The fraction of sp³-hybridized carbons (Fsp3) is 0.282. The van der Waals surface area contributed by atoms with Gasteiger partial charge in [0.05, 0.1) is 15.6 Å². The van der Waals surface area contributed by atoms with Gasteiger partial charge in [-0.2, -0.15) is 0 Å². The van der Waals surface area contributed by atoms with Crippen molar-refractivity contribution in [1.29, 1.82) is 0 Å². The lowest BCUT2D eigenvalue weighted by molar-refractivity contribution is -0.147. The van der Waals surface area contributed by atoms with Crippen molar-refractivity contribution in [2.75, 3.05) is 6.54 Å². The van der Waals surface area contributed by atoms with Crippen molar-refractivity contribution in [1.82, 2.24) is 10.2 Å². The lowest BCUT2D eigenvalue weighted by atomic mass is 9.93. The van der Waals surface area contributed by atoms with Gasteiger partial charge in [0.15, 0.2) is 0 Å². The van der Waals surface area contributed by atoms with Gasteiger partial charge >= 0.3 is 5.97 Å². The topological polar surface area (TPSA) is 92.8 Å². The van der Waals surface area contributed by atoms with E-state index in [4.69, 9.17) is 39.5 Å². The molecule has 0 bridgehead atoms. The highest BCUT2D eigenvalue weighted by Gasteiger charge is 2.31. The van der Waals surface area contributed by atoms with Crippen LogP contribution in [0.15, 0.2) is 84.9 Å². The van der Waals surface area contributed by atoms with Gasteiger partial charge in [0.25, 0.3) is 11.8 Å². The smallest absolute Gasteiger partial charge is 0.328 e. The Labute approximate surface area is 300 Å². The maximum atomic E-state index is 13.8. The van der Waals surface area contributed by atoms with Gasteiger partial charge in [0.1, 0.15) is 18.4 Å². The first-order valence-corrected chi connectivity index (χ1v) is 17.5. The van der Waals surface area contributed by atoms with Crippen LogP contribution in [0.2, 0.25) is 15.1 Å². The molecule has 4 aromatic rings. The van der Waals surface area contributed by atoms with Crippen LogP contribution in [-0.2, 0) is 40.3 Å². The third-order valence-electron chi connectivity index (χ3n) is 9.25. The number of hydrogen-bond acceptors (Lipinski definition) is 5. The molecule has 0 fully saturated rings. The summed E-state index contributed by atoms with van der Waals surface area (Å²) in [5.74, 6) is -1.32. The summed E-state index contributed by atoms with van der Waals surface area (Å²) in [6, 6.07) is 24.7. The Morgan fingerprint density at radius 1 is 0.878 bits per heavy atom. The summed E-state index contributed by atoms with van der Waals surface area (Å²) in [4.78, 5) is 55.2. The number of ether oxygens (including phenoxy) is 1. The molecule has 0 unspecified atom stereocenters. The number of carbonyl (C=O) groups is 4. The van der Waals surface area contributed by atoms with Crippen LogP contribution in [-0.4, -0.2) is 41.1 Å². The van der Waals surface area contributed by atoms with Crippen molar-refractivity contribution >= 4 is 58.4 Å². The zero-order valence-electron chi connectivity index (χ0n) is 26.7. The second kappa shape index (κ2) is 15.6. The SMILES string of the molecule is O=C(CC[C@H](NC(=O)c1c(Cl)cc2c(c1Cl)CCN(C(=O)c1cccc(Cl)c1)C2)C(=O)OCc1ccccc1)C[C@@H]1CCc2ccccc21. The molecule has 1 heterocycles. The minimum Gasteiger partial charge on any atom is -0.459 e. The zero-order chi connectivity index (χ0) is 34.5. The first-order valence-electron chi connectivity index (χ1n) is 16.3. The Hall–Kier alpha value is -4.17. The number of nitrogens with one attached hydrogen (secondary N) is 1. The molecule has 0 spiro atoms. The van der Waals surface area contributed by atoms with Crippen molar-refractivity contribution in [2.24, 2.45) is 0 Å². The van der Waals surface area contributed by atoms with Gasteiger partial charge in [-0.3, -0.25) is 14.4 Å². The summed E-state index contributed by atoms with van der Waals surface area (Å²) in [5.41, 5.74) is 5.21. The molecule has 10 heteroatoms. The molecule has 1 aliphatic heterocycles. The van der Waals surface area contributed by atoms with Crippen LogP contribution in [0, 0.1) is 0 Å². The zero-order valence-corrected chi connectivity index (χ0v) is 29.0. The van der Waals surface area contributed by atoms with Crippen molar-refractivity contribution in [3.63, 3.8) is 0 Å². The monoisotopic (exact) mass is 716 g/mol. The maximum absolute atomic E-state index is 13.8. The summed E-state index contributed by atoms with van der Waals surface area (Å²) in [7, 11) is 0. The van der Waals surface area contributed by atoms with Crippen LogP contribution < -0.4 is 5.32 Å². The fourth-order valence-electron chi connectivity index (χ4n) is 6.69. The Bertz CT molecular complexity index is 1900. The van der Waals surface area contributed by atoms with Gasteiger partial charge in [-0.1, -0.05) is 95.5 Å². The Balaban J connectivity index is 1.16. The molecule has 0 radical (unpaired) electrons. The highest BCUT2D eigenvalue weighted by molar-refractivity contribution is 6.40. The number of hydrogen-bond donors (Lipinski definition) is 1. The van der Waals surface area contributed by atoms with Crippen LogP contribution >= 0.6 is 34.8 Å². The number of nitrogens with zero attached hydrogens (tertiary/aromatic N) is 1. The average molecular weight is 718 g/mol. The minimum atomic E-state index is -1.11. The van der Waals surface area contributed by atoms with Crippen LogP contribution in [0.1, 0.15) is 80.1 Å². The molecule has 7 nitrogen and oxygen atoms in total. The summed E-state index contributed by atoms with van der Waals surface area (Å²) >= 11 is 19.6. The lowest BCUT2D eigenvalue weighted by Crippen LogP contribution is -2.42. The van der Waals surface area contributed by atoms with Crippen LogP contribution in [0.25, 0.3) is 0 Å². The van der Waals surface area contributed by atoms with Crippen molar-refractivity contribution in [3.8, 4) is 0 Å². The lowest BCUT2D eigenvalue weighted by Gasteiger charge is -2.30. The number of benzene rings is 4. The fourth-order valence-corrected chi connectivity index (χ4v) is 7.64. The highest BCUT2D eigenvalue weighted by Crippen LogP contribution is 2.37. The maximum Gasteiger partial charge on any atom is 0.328 e. The van der Waals surface area contributed by atoms with Gasteiger partial charge in [0, 0.05) is 36.5 Å². The molecule has 1 N–H and O–H groups in total. The molecule has 1 aliphatic carbocycles. The summed E-state index contributed by atoms with van der Waals surface area (Å²) in [6.07, 6.45) is 2.78.